The van der Waals surface area contributed by atoms with Crippen LogP contribution in [0.3, 0.4) is 0 Å². The van der Waals surface area contributed by atoms with Crippen LogP contribution < -0.4 is 0 Å². The van der Waals surface area contributed by atoms with Gasteiger partial charge in [-0.25, -0.2) is 24.1 Å². The minimum Gasteiger partial charge on any atom is -0.461 e. The highest BCUT2D eigenvalue weighted by atomic mass is 32.1. The van der Waals surface area contributed by atoms with Gasteiger partial charge >= 0.3 is 5.97 Å². The van der Waals surface area contributed by atoms with Gasteiger partial charge in [-0.3, -0.25) is 4.40 Å². The minimum absolute atomic E-state index is 0.246. The molecular weight excluding hydrogens is 355 g/mol. The zero-order chi connectivity index (χ0) is 18.1. The topological polar surface area (TPSA) is 69.4 Å². The Morgan fingerprint density at radius 2 is 2.08 bits per heavy atom. The Morgan fingerprint density at radius 3 is 2.85 bits per heavy atom. The Kier molecular flexibility index (Phi) is 4.18. The molecule has 0 bridgehead atoms. The molecule has 6 nitrogen and oxygen atoms in total. The number of carbonyl (C=O) groups is 1. The smallest absolute Gasteiger partial charge is 0.357 e. The number of hydrogen-bond acceptors (Lipinski definition) is 6. The van der Waals surface area contributed by atoms with Crippen LogP contribution in [0.2, 0.25) is 0 Å². The van der Waals surface area contributed by atoms with E-state index in [1.165, 1.54) is 23.5 Å². The zero-order valence-corrected chi connectivity index (χ0v) is 14.5. The average Bonchev–Trinajstić information content (AvgIpc) is 3.27. The number of halogens is 1. The SMILES string of the molecule is CCOC(=O)c1csc(-c2c(-c3ccc(F)cc3)nc3ncccn23)n1. The molecule has 0 aliphatic carbocycles. The molecule has 26 heavy (non-hydrogen) atoms. The number of thiazole rings is 1. The predicted molar refractivity (Wildman–Crippen MR) is 95.4 cm³/mol. The van der Waals surface area contributed by atoms with Gasteiger partial charge in [0.25, 0.3) is 0 Å². The third-order valence-corrected chi connectivity index (χ3v) is 4.56. The van der Waals surface area contributed by atoms with E-state index >= 15 is 0 Å². The maximum Gasteiger partial charge on any atom is 0.357 e. The number of carbonyl (C=O) groups excluding carboxylic acids is 1. The summed E-state index contributed by atoms with van der Waals surface area (Å²) in [5.74, 6) is -0.295. The maximum absolute atomic E-state index is 13.3. The van der Waals surface area contributed by atoms with E-state index in [9.17, 15) is 9.18 Å². The first kappa shape index (κ1) is 16.3. The van der Waals surface area contributed by atoms with Crippen molar-refractivity contribution in [1.29, 1.82) is 0 Å². The Bertz CT molecular complexity index is 1090. The van der Waals surface area contributed by atoms with Crippen molar-refractivity contribution in [2.24, 2.45) is 0 Å². The third kappa shape index (κ3) is 2.84. The summed E-state index contributed by atoms with van der Waals surface area (Å²) < 4.78 is 20.1. The Morgan fingerprint density at radius 1 is 1.27 bits per heavy atom. The van der Waals surface area contributed by atoms with Crippen LogP contribution in [0.25, 0.3) is 27.7 Å². The van der Waals surface area contributed by atoms with Gasteiger partial charge in [0.1, 0.15) is 22.2 Å². The normalized spacial score (nSPS) is 11.0. The molecule has 3 aromatic heterocycles. The van der Waals surface area contributed by atoms with Crippen molar-refractivity contribution in [1.82, 2.24) is 19.4 Å². The van der Waals surface area contributed by atoms with Crippen molar-refractivity contribution in [2.45, 2.75) is 6.92 Å². The van der Waals surface area contributed by atoms with Crippen LogP contribution in [-0.2, 0) is 4.74 Å². The van der Waals surface area contributed by atoms with Crippen LogP contribution in [0.5, 0.6) is 0 Å². The van der Waals surface area contributed by atoms with Crippen LogP contribution in [-0.4, -0.2) is 31.9 Å². The fourth-order valence-electron chi connectivity index (χ4n) is 2.58. The van der Waals surface area contributed by atoms with Crippen molar-refractivity contribution in [3.8, 4) is 22.0 Å². The summed E-state index contributed by atoms with van der Waals surface area (Å²) in [7, 11) is 0. The van der Waals surface area contributed by atoms with Crippen LogP contribution in [0.15, 0.2) is 48.1 Å². The molecule has 8 heteroatoms. The predicted octanol–water partition coefficient (Wildman–Crippen LogP) is 3.84. The monoisotopic (exact) mass is 368 g/mol. The number of fused-ring (bicyclic) bond motifs is 1. The second-order valence-electron chi connectivity index (χ2n) is 5.36. The molecule has 130 valence electrons. The number of aromatic nitrogens is 4. The molecule has 0 fully saturated rings. The van der Waals surface area contributed by atoms with Gasteiger partial charge in [-0.2, -0.15) is 0 Å². The van der Waals surface area contributed by atoms with Gasteiger partial charge in [0.05, 0.1) is 6.61 Å². The Hall–Kier alpha value is -3.13. The lowest BCUT2D eigenvalue weighted by Crippen LogP contribution is -2.04. The van der Waals surface area contributed by atoms with Gasteiger partial charge in [-0.15, -0.1) is 11.3 Å². The van der Waals surface area contributed by atoms with Gasteiger partial charge in [0, 0.05) is 23.3 Å². The molecule has 4 rings (SSSR count). The van der Waals surface area contributed by atoms with E-state index in [4.69, 9.17) is 4.74 Å². The van der Waals surface area contributed by atoms with Gasteiger partial charge in [-0.05, 0) is 37.3 Å². The summed E-state index contributed by atoms with van der Waals surface area (Å²) in [6.45, 7) is 2.03. The molecule has 0 radical (unpaired) electrons. The lowest BCUT2D eigenvalue weighted by Gasteiger charge is -2.02. The van der Waals surface area contributed by atoms with E-state index in [2.05, 4.69) is 15.0 Å². The summed E-state index contributed by atoms with van der Waals surface area (Å²) in [6.07, 6.45) is 3.47. The van der Waals surface area contributed by atoms with Crippen LogP contribution in [0.4, 0.5) is 4.39 Å². The van der Waals surface area contributed by atoms with Gasteiger partial charge in [0.15, 0.2) is 5.69 Å². The highest BCUT2D eigenvalue weighted by Gasteiger charge is 2.21. The van der Waals surface area contributed by atoms with E-state index in [-0.39, 0.29) is 18.1 Å². The second kappa shape index (κ2) is 6.64. The number of nitrogens with zero attached hydrogens (tertiary/aromatic N) is 4. The molecule has 0 saturated heterocycles. The van der Waals surface area contributed by atoms with Crippen LogP contribution >= 0.6 is 11.3 Å². The molecule has 0 N–H and O–H groups in total. The average molecular weight is 368 g/mol. The molecule has 1 aromatic carbocycles. The molecular formula is C18H13FN4O2S. The molecule has 0 aliphatic heterocycles. The fourth-order valence-corrected chi connectivity index (χ4v) is 3.41. The van der Waals surface area contributed by atoms with E-state index in [0.29, 0.717) is 22.2 Å². The van der Waals surface area contributed by atoms with Crippen molar-refractivity contribution in [3.05, 3.63) is 59.6 Å². The molecule has 0 amide bonds. The van der Waals surface area contributed by atoms with Crippen molar-refractivity contribution < 1.29 is 13.9 Å². The molecule has 3 heterocycles. The summed E-state index contributed by atoms with van der Waals surface area (Å²) in [4.78, 5) is 25.2. The fraction of sp³-hybridized carbons (Fsp3) is 0.111. The number of benzene rings is 1. The van der Waals surface area contributed by atoms with Crippen molar-refractivity contribution >= 4 is 23.1 Å². The van der Waals surface area contributed by atoms with Crippen LogP contribution in [0.1, 0.15) is 17.4 Å². The molecule has 0 spiro atoms. The Balaban J connectivity index is 1.89. The standard InChI is InChI=1S/C18H13FN4O2S/c1-2-25-17(24)13-10-26-16(21-13)15-14(11-4-6-12(19)7-5-11)22-18-20-8-3-9-23(15)18/h3-10H,2H2,1H3. The molecule has 4 aromatic rings. The quantitative estimate of drug-likeness (QED) is 0.512. The Labute approximate surface area is 151 Å². The first-order valence-corrected chi connectivity index (χ1v) is 8.77. The first-order valence-electron chi connectivity index (χ1n) is 7.89. The molecule has 0 saturated carbocycles. The molecule has 0 unspecified atom stereocenters. The first-order chi connectivity index (χ1) is 12.7. The van der Waals surface area contributed by atoms with E-state index in [0.717, 1.165) is 5.56 Å². The van der Waals surface area contributed by atoms with E-state index in [1.54, 1.807) is 41.1 Å². The summed E-state index contributed by atoms with van der Waals surface area (Å²) in [5, 5.41) is 2.25. The highest BCUT2D eigenvalue weighted by molar-refractivity contribution is 7.13. The number of imidazole rings is 1. The summed E-state index contributed by atoms with van der Waals surface area (Å²) >= 11 is 1.31. The van der Waals surface area contributed by atoms with E-state index in [1.807, 2.05) is 6.20 Å². The molecule has 0 atom stereocenters. The maximum atomic E-state index is 13.3. The zero-order valence-electron chi connectivity index (χ0n) is 13.7. The highest BCUT2D eigenvalue weighted by Crippen LogP contribution is 2.34. The second-order valence-corrected chi connectivity index (χ2v) is 6.22. The number of esters is 1. The van der Waals surface area contributed by atoms with Crippen molar-refractivity contribution in [3.63, 3.8) is 0 Å². The minimum atomic E-state index is -0.467. The van der Waals surface area contributed by atoms with Crippen LogP contribution in [0, 0.1) is 5.82 Å². The number of rotatable bonds is 4. The third-order valence-electron chi connectivity index (χ3n) is 3.71. The van der Waals surface area contributed by atoms with E-state index < -0.39 is 5.97 Å². The van der Waals surface area contributed by atoms with Gasteiger partial charge in [0.2, 0.25) is 5.78 Å². The van der Waals surface area contributed by atoms with Crippen molar-refractivity contribution in [2.75, 3.05) is 6.61 Å². The number of hydrogen-bond donors (Lipinski definition) is 0. The largest absolute Gasteiger partial charge is 0.461 e. The number of ether oxygens (including phenoxy) is 1. The van der Waals surface area contributed by atoms with Gasteiger partial charge < -0.3 is 4.74 Å². The van der Waals surface area contributed by atoms with Gasteiger partial charge in [-0.1, -0.05) is 0 Å². The lowest BCUT2D eigenvalue weighted by atomic mass is 10.1. The lowest BCUT2D eigenvalue weighted by molar-refractivity contribution is 0.0520. The summed E-state index contributed by atoms with van der Waals surface area (Å²) in [6, 6.07) is 7.85. The summed E-state index contributed by atoms with van der Waals surface area (Å²) in [5.41, 5.74) is 2.30. The molecule has 0 aliphatic rings.